The van der Waals surface area contributed by atoms with Crippen LogP contribution in [0.15, 0.2) is 0 Å². The molecule has 1 fully saturated rings. The van der Waals surface area contributed by atoms with E-state index in [-0.39, 0.29) is 0 Å². The van der Waals surface area contributed by atoms with Crippen molar-refractivity contribution >= 4 is 0 Å². The van der Waals surface area contributed by atoms with Crippen LogP contribution in [0.25, 0.3) is 0 Å². The van der Waals surface area contributed by atoms with E-state index in [4.69, 9.17) is 0 Å². The minimum atomic E-state index is 1.02. The first-order chi connectivity index (χ1) is 6.34. The van der Waals surface area contributed by atoms with Gasteiger partial charge in [-0.15, -0.1) is 0 Å². The summed E-state index contributed by atoms with van der Waals surface area (Å²) in [5.41, 5.74) is 0. The molecule has 1 saturated carbocycles. The van der Waals surface area contributed by atoms with Crippen molar-refractivity contribution in [1.29, 1.82) is 0 Å². The van der Waals surface area contributed by atoms with E-state index < -0.39 is 0 Å². The number of rotatable bonds is 5. The third-order valence-corrected chi connectivity index (χ3v) is 3.72. The molecule has 0 heterocycles. The van der Waals surface area contributed by atoms with E-state index in [1.54, 1.807) is 0 Å². The van der Waals surface area contributed by atoms with Crippen molar-refractivity contribution in [2.45, 2.75) is 71.6 Å². The van der Waals surface area contributed by atoms with Gasteiger partial charge in [0.1, 0.15) is 0 Å². The summed E-state index contributed by atoms with van der Waals surface area (Å²) < 4.78 is 0. The Hall–Kier alpha value is 0. The SMILES string of the molecule is CCCCCC[C@H]1CCCC[C@H]1C. The van der Waals surface area contributed by atoms with Crippen LogP contribution in [0, 0.1) is 11.8 Å². The van der Waals surface area contributed by atoms with E-state index in [0.717, 1.165) is 11.8 Å². The van der Waals surface area contributed by atoms with Crippen molar-refractivity contribution in [1.82, 2.24) is 0 Å². The van der Waals surface area contributed by atoms with Crippen LogP contribution >= 0.6 is 0 Å². The van der Waals surface area contributed by atoms with Gasteiger partial charge in [0.05, 0.1) is 0 Å². The Kier molecular flexibility index (Phi) is 5.50. The van der Waals surface area contributed by atoms with E-state index in [1.165, 1.54) is 57.8 Å². The summed E-state index contributed by atoms with van der Waals surface area (Å²) >= 11 is 0. The highest BCUT2D eigenvalue weighted by atomic mass is 14.3. The molecule has 0 aliphatic heterocycles. The molecule has 0 aromatic rings. The molecule has 0 bridgehead atoms. The average Bonchev–Trinajstić information content (AvgIpc) is 2.15. The van der Waals surface area contributed by atoms with Crippen molar-refractivity contribution < 1.29 is 0 Å². The molecule has 0 radical (unpaired) electrons. The van der Waals surface area contributed by atoms with Crippen LogP contribution in [0.4, 0.5) is 0 Å². The molecule has 0 aromatic carbocycles. The van der Waals surface area contributed by atoms with Crippen LogP contribution in [0.5, 0.6) is 0 Å². The fourth-order valence-corrected chi connectivity index (χ4v) is 2.66. The average molecular weight is 182 g/mol. The maximum absolute atomic E-state index is 2.46. The van der Waals surface area contributed by atoms with Crippen molar-refractivity contribution in [3.63, 3.8) is 0 Å². The highest BCUT2D eigenvalue weighted by molar-refractivity contribution is 4.71. The number of unbranched alkanes of at least 4 members (excludes halogenated alkanes) is 3. The molecule has 13 heavy (non-hydrogen) atoms. The third kappa shape index (κ3) is 4.15. The Morgan fingerprint density at radius 3 is 2.46 bits per heavy atom. The predicted octanol–water partition coefficient (Wildman–Crippen LogP) is 4.78. The molecule has 1 aliphatic carbocycles. The first-order valence-electron chi connectivity index (χ1n) is 6.34. The Bertz CT molecular complexity index is 117. The van der Waals surface area contributed by atoms with Gasteiger partial charge in [-0.3, -0.25) is 0 Å². The fourth-order valence-electron chi connectivity index (χ4n) is 2.66. The Morgan fingerprint density at radius 2 is 1.77 bits per heavy atom. The zero-order valence-electron chi connectivity index (χ0n) is 9.52. The predicted molar refractivity (Wildman–Crippen MR) is 59.9 cm³/mol. The molecule has 1 aliphatic rings. The summed E-state index contributed by atoms with van der Waals surface area (Å²) in [7, 11) is 0. The third-order valence-electron chi connectivity index (χ3n) is 3.72. The van der Waals surface area contributed by atoms with Crippen molar-refractivity contribution in [3.8, 4) is 0 Å². The van der Waals surface area contributed by atoms with Gasteiger partial charge >= 0.3 is 0 Å². The van der Waals surface area contributed by atoms with Gasteiger partial charge in [0.2, 0.25) is 0 Å². The van der Waals surface area contributed by atoms with Crippen LogP contribution in [0.1, 0.15) is 71.6 Å². The zero-order chi connectivity index (χ0) is 9.52. The number of hydrogen-bond acceptors (Lipinski definition) is 0. The van der Waals surface area contributed by atoms with E-state index >= 15 is 0 Å². The van der Waals surface area contributed by atoms with E-state index in [1.807, 2.05) is 0 Å². The molecule has 78 valence electrons. The smallest absolute Gasteiger partial charge is 0.0388 e. The lowest BCUT2D eigenvalue weighted by Crippen LogP contribution is -2.16. The summed E-state index contributed by atoms with van der Waals surface area (Å²) in [6.45, 7) is 4.76. The molecule has 0 aromatic heterocycles. The molecular weight excluding hydrogens is 156 g/mol. The Morgan fingerprint density at radius 1 is 1.00 bits per heavy atom. The lowest BCUT2D eigenvalue weighted by molar-refractivity contribution is 0.236. The van der Waals surface area contributed by atoms with Crippen LogP contribution in [-0.4, -0.2) is 0 Å². The van der Waals surface area contributed by atoms with E-state index in [0.29, 0.717) is 0 Å². The van der Waals surface area contributed by atoms with Crippen LogP contribution in [0.2, 0.25) is 0 Å². The van der Waals surface area contributed by atoms with Gasteiger partial charge in [0.15, 0.2) is 0 Å². The second-order valence-corrected chi connectivity index (χ2v) is 4.87. The summed E-state index contributed by atoms with van der Waals surface area (Å²) in [4.78, 5) is 0. The zero-order valence-corrected chi connectivity index (χ0v) is 9.52. The van der Waals surface area contributed by atoms with Gasteiger partial charge in [0.25, 0.3) is 0 Å². The standard InChI is InChI=1S/C13H26/c1-3-4-5-6-10-13-11-8-7-9-12(13)2/h12-13H,3-11H2,1-2H3/t12-,13+/m1/s1. The van der Waals surface area contributed by atoms with Gasteiger partial charge in [-0.25, -0.2) is 0 Å². The molecule has 1 rings (SSSR count). The van der Waals surface area contributed by atoms with Gasteiger partial charge in [-0.1, -0.05) is 71.6 Å². The highest BCUT2D eigenvalue weighted by Gasteiger charge is 2.20. The first kappa shape index (κ1) is 11.1. The maximum atomic E-state index is 2.46. The quantitative estimate of drug-likeness (QED) is 0.537. The number of hydrogen-bond donors (Lipinski definition) is 0. The maximum Gasteiger partial charge on any atom is -0.0388 e. The molecule has 0 saturated heterocycles. The monoisotopic (exact) mass is 182 g/mol. The van der Waals surface area contributed by atoms with Crippen LogP contribution < -0.4 is 0 Å². The summed E-state index contributed by atoms with van der Waals surface area (Å²) in [5.74, 6) is 2.10. The van der Waals surface area contributed by atoms with E-state index in [9.17, 15) is 0 Å². The minimum Gasteiger partial charge on any atom is -0.0654 e. The lowest BCUT2D eigenvalue weighted by Gasteiger charge is -2.28. The second-order valence-electron chi connectivity index (χ2n) is 4.87. The van der Waals surface area contributed by atoms with Gasteiger partial charge < -0.3 is 0 Å². The Labute approximate surface area is 84.1 Å². The first-order valence-corrected chi connectivity index (χ1v) is 6.34. The van der Waals surface area contributed by atoms with Crippen molar-refractivity contribution in [2.75, 3.05) is 0 Å². The molecule has 0 unspecified atom stereocenters. The summed E-state index contributed by atoms with van der Waals surface area (Å²) in [6.07, 6.45) is 13.3. The fraction of sp³-hybridized carbons (Fsp3) is 1.00. The summed E-state index contributed by atoms with van der Waals surface area (Å²) in [5, 5.41) is 0. The van der Waals surface area contributed by atoms with Gasteiger partial charge in [0, 0.05) is 0 Å². The van der Waals surface area contributed by atoms with E-state index in [2.05, 4.69) is 13.8 Å². The molecule has 0 spiro atoms. The molecule has 0 nitrogen and oxygen atoms in total. The topological polar surface area (TPSA) is 0 Å². The molecule has 0 amide bonds. The van der Waals surface area contributed by atoms with Gasteiger partial charge in [-0.2, -0.15) is 0 Å². The molecule has 0 heteroatoms. The second kappa shape index (κ2) is 6.45. The highest BCUT2D eigenvalue weighted by Crippen LogP contribution is 2.33. The minimum absolute atomic E-state index is 1.02. The molecular formula is C13H26. The van der Waals surface area contributed by atoms with Crippen LogP contribution in [-0.2, 0) is 0 Å². The summed E-state index contributed by atoms with van der Waals surface area (Å²) in [6, 6.07) is 0. The van der Waals surface area contributed by atoms with Crippen molar-refractivity contribution in [3.05, 3.63) is 0 Å². The lowest BCUT2D eigenvalue weighted by atomic mass is 9.78. The molecule has 2 atom stereocenters. The normalized spacial score (nSPS) is 29.1. The molecule has 0 N–H and O–H groups in total. The van der Waals surface area contributed by atoms with Crippen molar-refractivity contribution in [2.24, 2.45) is 11.8 Å². The van der Waals surface area contributed by atoms with Gasteiger partial charge in [-0.05, 0) is 11.8 Å². The Balaban J connectivity index is 2.05. The largest absolute Gasteiger partial charge is 0.0654 e. The van der Waals surface area contributed by atoms with Crippen LogP contribution in [0.3, 0.4) is 0 Å².